The Hall–Kier alpha value is -0.760. The van der Waals surface area contributed by atoms with Gasteiger partial charge in [-0.2, -0.15) is 0 Å². The lowest BCUT2D eigenvalue weighted by Crippen LogP contribution is -2.17. The van der Waals surface area contributed by atoms with Crippen LogP contribution in [0.1, 0.15) is 39.0 Å². The van der Waals surface area contributed by atoms with Crippen molar-refractivity contribution in [1.29, 1.82) is 0 Å². The summed E-state index contributed by atoms with van der Waals surface area (Å²) in [6.45, 7) is 2.23. The minimum atomic E-state index is 0.307. The van der Waals surface area contributed by atoms with Crippen molar-refractivity contribution in [1.82, 2.24) is 0 Å². The zero-order chi connectivity index (χ0) is 12.8. The summed E-state index contributed by atoms with van der Waals surface area (Å²) in [5, 5.41) is 0. The van der Waals surface area contributed by atoms with Crippen LogP contribution in [0.2, 0.25) is 0 Å². The lowest BCUT2D eigenvalue weighted by molar-refractivity contribution is -0.120. The van der Waals surface area contributed by atoms with Gasteiger partial charge in [0.15, 0.2) is 0 Å². The van der Waals surface area contributed by atoms with Crippen molar-refractivity contribution >= 4 is 17.5 Å². The van der Waals surface area contributed by atoms with Gasteiger partial charge in [-0.25, -0.2) is 0 Å². The smallest absolute Gasteiger partial charge is 0.137 e. The van der Waals surface area contributed by atoms with E-state index in [1.165, 1.54) is 24.2 Å². The standard InChI is InChI=1S/C16H22OS/c1-2-3-7-13-10-11-16(17)15(13)12-18-14-8-5-4-6-9-14/h4-6,8-9,13,15H,2-3,7,10-12H2,1H3/t13-,15+/m0/s1. The van der Waals surface area contributed by atoms with Crippen LogP contribution in [0.25, 0.3) is 0 Å². The fourth-order valence-corrected chi connectivity index (χ4v) is 3.90. The molecule has 2 heteroatoms. The number of hydrogen-bond donors (Lipinski definition) is 0. The molecule has 2 atom stereocenters. The number of hydrogen-bond acceptors (Lipinski definition) is 2. The molecule has 1 aliphatic carbocycles. The van der Waals surface area contributed by atoms with Gasteiger partial charge in [-0.1, -0.05) is 38.0 Å². The maximum atomic E-state index is 12.0. The second kappa shape index (κ2) is 6.98. The van der Waals surface area contributed by atoms with Crippen LogP contribution < -0.4 is 0 Å². The van der Waals surface area contributed by atoms with E-state index in [1.807, 2.05) is 17.8 Å². The molecule has 2 rings (SSSR count). The maximum Gasteiger partial charge on any atom is 0.137 e. The SMILES string of the molecule is CCCC[C@H]1CCC(=O)[C@@H]1CSc1ccccc1. The van der Waals surface area contributed by atoms with Gasteiger partial charge in [0.1, 0.15) is 5.78 Å². The van der Waals surface area contributed by atoms with E-state index >= 15 is 0 Å². The summed E-state index contributed by atoms with van der Waals surface area (Å²) in [4.78, 5) is 13.2. The Morgan fingerprint density at radius 3 is 2.78 bits per heavy atom. The first-order chi connectivity index (χ1) is 8.81. The molecule has 98 valence electrons. The third kappa shape index (κ3) is 3.61. The first-order valence-corrected chi connectivity index (χ1v) is 8.00. The highest BCUT2D eigenvalue weighted by molar-refractivity contribution is 7.99. The van der Waals surface area contributed by atoms with E-state index < -0.39 is 0 Å². The van der Waals surface area contributed by atoms with Gasteiger partial charge in [-0.3, -0.25) is 4.79 Å². The molecular weight excluding hydrogens is 240 g/mol. The molecule has 1 aliphatic rings. The van der Waals surface area contributed by atoms with Crippen molar-refractivity contribution in [3.05, 3.63) is 30.3 Å². The fourth-order valence-electron chi connectivity index (χ4n) is 2.72. The highest BCUT2D eigenvalue weighted by atomic mass is 32.2. The molecule has 0 aromatic heterocycles. The Balaban J connectivity index is 1.87. The average Bonchev–Trinajstić information content (AvgIpc) is 2.76. The average molecular weight is 262 g/mol. The van der Waals surface area contributed by atoms with Crippen LogP contribution in [-0.4, -0.2) is 11.5 Å². The van der Waals surface area contributed by atoms with E-state index in [9.17, 15) is 4.79 Å². The van der Waals surface area contributed by atoms with Crippen LogP contribution in [0, 0.1) is 11.8 Å². The normalized spacial score (nSPS) is 23.5. The van der Waals surface area contributed by atoms with Gasteiger partial charge in [0, 0.05) is 23.0 Å². The Labute approximate surface area is 114 Å². The fraction of sp³-hybridized carbons (Fsp3) is 0.562. The Morgan fingerprint density at radius 1 is 1.28 bits per heavy atom. The summed E-state index contributed by atoms with van der Waals surface area (Å²) in [6.07, 6.45) is 5.68. The Bertz CT molecular complexity index is 374. The molecule has 0 spiro atoms. The molecular formula is C16H22OS. The molecule has 1 aromatic carbocycles. The Kier molecular flexibility index (Phi) is 5.30. The summed E-state index contributed by atoms with van der Waals surface area (Å²) in [5.74, 6) is 2.42. The van der Waals surface area contributed by atoms with Gasteiger partial charge in [0.25, 0.3) is 0 Å². The molecule has 0 unspecified atom stereocenters. The van der Waals surface area contributed by atoms with Gasteiger partial charge < -0.3 is 0 Å². The topological polar surface area (TPSA) is 17.1 Å². The van der Waals surface area contributed by atoms with Gasteiger partial charge in [0.05, 0.1) is 0 Å². The molecule has 0 amide bonds. The molecule has 0 saturated heterocycles. The number of unbranched alkanes of at least 4 members (excludes halogenated alkanes) is 1. The molecule has 0 heterocycles. The number of thioether (sulfide) groups is 1. The maximum absolute atomic E-state index is 12.0. The summed E-state index contributed by atoms with van der Waals surface area (Å²) < 4.78 is 0. The molecule has 1 saturated carbocycles. The predicted molar refractivity (Wildman–Crippen MR) is 77.9 cm³/mol. The molecule has 0 N–H and O–H groups in total. The van der Waals surface area contributed by atoms with Gasteiger partial charge in [-0.05, 0) is 30.9 Å². The van der Waals surface area contributed by atoms with Crippen LogP contribution in [0.3, 0.4) is 0 Å². The second-order valence-electron chi connectivity index (χ2n) is 5.14. The van der Waals surface area contributed by atoms with Crippen molar-refractivity contribution in [2.45, 2.75) is 43.9 Å². The number of carbonyl (C=O) groups excluding carboxylic acids is 1. The number of ketones is 1. The van der Waals surface area contributed by atoms with Crippen molar-refractivity contribution in [3.8, 4) is 0 Å². The number of carbonyl (C=O) groups is 1. The van der Waals surface area contributed by atoms with Gasteiger partial charge in [-0.15, -0.1) is 11.8 Å². The zero-order valence-corrected chi connectivity index (χ0v) is 11.9. The molecule has 0 radical (unpaired) electrons. The van der Waals surface area contributed by atoms with E-state index in [2.05, 4.69) is 31.2 Å². The van der Waals surface area contributed by atoms with Crippen LogP contribution in [0.15, 0.2) is 35.2 Å². The largest absolute Gasteiger partial charge is 0.299 e. The summed E-state index contributed by atoms with van der Waals surface area (Å²) in [7, 11) is 0. The van der Waals surface area contributed by atoms with E-state index in [-0.39, 0.29) is 0 Å². The highest BCUT2D eigenvalue weighted by Crippen LogP contribution is 2.36. The van der Waals surface area contributed by atoms with Crippen molar-refractivity contribution in [2.75, 3.05) is 5.75 Å². The van der Waals surface area contributed by atoms with E-state index in [0.29, 0.717) is 17.6 Å². The number of benzene rings is 1. The first kappa shape index (κ1) is 13.7. The monoisotopic (exact) mass is 262 g/mol. The Morgan fingerprint density at radius 2 is 2.06 bits per heavy atom. The quantitative estimate of drug-likeness (QED) is 0.699. The van der Waals surface area contributed by atoms with Crippen molar-refractivity contribution < 1.29 is 4.79 Å². The number of Topliss-reactive ketones (excluding diaryl/α,β-unsaturated/α-hetero) is 1. The third-order valence-corrected chi connectivity index (χ3v) is 4.98. The molecule has 1 aromatic rings. The minimum absolute atomic E-state index is 0.307. The number of rotatable bonds is 6. The molecule has 0 bridgehead atoms. The molecule has 1 nitrogen and oxygen atoms in total. The molecule has 1 fully saturated rings. The van der Waals surface area contributed by atoms with E-state index in [1.54, 1.807) is 0 Å². The third-order valence-electron chi connectivity index (χ3n) is 3.85. The highest BCUT2D eigenvalue weighted by Gasteiger charge is 2.33. The van der Waals surface area contributed by atoms with Gasteiger partial charge in [0.2, 0.25) is 0 Å². The predicted octanol–water partition coefficient (Wildman–Crippen LogP) is 4.56. The molecule has 18 heavy (non-hydrogen) atoms. The van der Waals surface area contributed by atoms with Gasteiger partial charge >= 0.3 is 0 Å². The van der Waals surface area contributed by atoms with Crippen LogP contribution in [0.5, 0.6) is 0 Å². The lowest BCUT2D eigenvalue weighted by atomic mass is 9.92. The summed E-state index contributed by atoms with van der Waals surface area (Å²) in [6, 6.07) is 10.4. The first-order valence-electron chi connectivity index (χ1n) is 7.02. The lowest BCUT2D eigenvalue weighted by Gasteiger charge is -2.17. The second-order valence-corrected chi connectivity index (χ2v) is 6.23. The van der Waals surface area contributed by atoms with Crippen LogP contribution in [-0.2, 0) is 4.79 Å². The summed E-state index contributed by atoms with van der Waals surface area (Å²) >= 11 is 1.84. The van der Waals surface area contributed by atoms with E-state index in [0.717, 1.165) is 18.6 Å². The van der Waals surface area contributed by atoms with Crippen molar-refractivity contribution in [2.24, 2.45) is 11.8 Å². The minimum Gasteiger partial charge on any atom is -0.299 e. The molecule has 0 aliphatic heterocycles. The summed E-state index contributed by atoms with van der Waals surface area (Å²) in [5.41, 5.74) is 0. The van der Waals surface area contributed by atoms with Crippen LogP contribution >= 0.6 is 11.8 Å². The zero-order valence-electron chi connectivity index (χ0n) is 11.1. The van der Waals surface area contributed by atoms with Crippen LogP contribution in [0.4, 0.5) is 0 Å². The van der Waals surface area contributed by atoms with Crippen molar-refractivity contribution in [3.63, 3.8) is 0 Å². The van der Waals surface area contributed by atoms with E-state index in [4.69, 9.17) is 0 Å².